The van der Waals surface area contributed by atoms with Crippen LogP contribution in [-0.4, -0.2) is 44.9 Å². The number of hydrogen-bond acceptors (Lipinski definition) is 4. The van der Waals surface area contributed by atoms with Gasteiger partial charge in [-0.05, 0) is 54.7 Å². The molecule has 1 saturated heterocycles. The van der Waals surface area contributed by atoms with Gasteiger partial charge in [0.2, 0.25) is 15.9 Å². The SMILES string of the molecule is CC(C)(C)C1CCC(C(=O)NCc2ccc(S(=O)(=O)N3CCOCC3)cc2)CC1. The molecule has 0 radical (unpaired) electrons. The molecule has 2 aliphatic rings. The number of nitrogens with zero attached hydrogens (tertiary/aromatic N) is 1. The third-order valence-electron chi connectivity index (χ3n) is 6.32. The van der Waals surface area contributed by atoms with Gasteiger partial charge in [0.1, 0.15) is 0 Å². The smallest absolute Gasteiger partial charge is 0.243 e. The maximum atomic E-state index is 12.7. The minimum Gasteiger partial charge on any atom is -0.379 e. The summed E-state index contributed by atoms with van der Waals surface area (Å²) in [6.45, 7) is 8.90. The van der Waals surface area contributed by atoms with Gasteiger partial charge in [-0.25, -0.2) is 8.42 Å². The Labute approximate surface area is 175 Å². The van der Waals surface area contributed by atoms with Crippen molar-refractivity contribution in [2.45, 2.75) is 57.9 Å². The van der Waals surface area contributed by atoms with Gasteiger partial charge in [-0.2, -0.15) is 4.31 Å². The third-order valence-corrected chi connectivity index (χ3v) is 8.23. The van der Waals surface area contributed by atoms with E-state index in [1.54, 1.807) is 24.3 Å². The first-order valence-electron chi connectivity index (χ1n) is 10.6. The summed E-state index contributed by atoms with van der Waals surface area (Å²) >= 11 is 0. The number of sulfonamides is 1. The molecule has 1 saturated carbocycles. The molecule has 0 aromatic heterocycles. The van der Waals surface area contributed by atoms with Gasteiger partial charge in [0.25, 0.3) is 0 Å². The minimum atomic E-state index is -3.48. The fourth-order valence-corrected chi connectivity index (χ4v) is 5.68. The normalized spacial score (nSPS) is 24.2. The molecule has 29 heavy (non-hydrogen) atoms. The van der Waals surface area contributed by atoms with Crippen LogP contribution in [0.5, 0.6) is 0 Å². The van der Waals surface area contributed by atoms with Gasteiger partial charge in [-0.1, -0.05) is 32.9 Å². The largest absolute Gasteiger partial charge is 0.379 e. The molecule has 162 valence electrons. The molecule has 1 aliphatic carbocycles. The summed E-state index contributed by atoms with van der Waals surface area (Å²) in [5.74, 6) is 0.893. The van der Waals surface area contributed by atoms with Gasteiger partial charge >= 0.3 is 0 Å². The molecule has 1 aliphatic heterocycles. The van der Waals surface area contributed by atoms with Crippen molar-refractivity contribution in [2.75, 3.05) is 26.3 Å². The standard InChI is InChI=1S/C22H34N2O4S/c1-22(2,3)19-8-6-18(7-9-19)21(25)23-16-17-4-10-20(11-5-17)29(26,27)24-12-14-28-15-13-24/h4-5,10-11,18-19H,6-9,12-16H2,1-3H3,(H,23,25). The van der Waals surface area contributed by atoms with Crippen molar-refractivity contribution in [3.8, 4) is 0 Å². The van der Waals surface area contributed by atoms with Crippen LogP contribution in [0.25, 0.3) is 0 Å². The topological polar surface area (TPSA) is 75.7 Å². The zero-order valence-electron chi connectivity index (χ0n) is 17.8. The lowest BCUT2D eigenvalue weighted by Crippen LogP contribution is -2.40. The summed E-state index contributed by atoms with van der Waals surface area (Å²) in [5, 5.41) is 3.03. The van der Waals surface area contributed by atoms with Crippen LogP contribution < -0.4 is 5.32 Å². The number of hydrogen-bond donors (Lipinski definition) is 1. The first-order chi connectivity index (χ1) is 13.7. The summed E-state index contributed by atoms with van der Waals surface area (Å²) in [5.41, 5.74) is 1.22. The molecule has 1 aromatic carbocycles. The lowest BCUT2D eigenvalue weighted by Gasteiger charge is -2.36. The average Bonchev–Trinajstić information content (AvgIpc) is 2.72. The van der Waals surface area contributed by atoms with Crippen LogP contribution in [0.4, 0.5) is 0 Å². The van der Waals surface area contributed by atoms with Gasteiger partial charge in [0.15, 0.2) is 0 Å². The Morgan fingerprint density at radius 1 is 1.07 bits per heavy atom. The second-order valence-electron chi connectivity index (χ2n) is 9.29. The average molecular weight is 423 g/mol. The van der Waals surface area contributed by atoms with Crippen molar-refractivity contribution in [1.82, 2.24) is 9.62 Å². The number of ether oxygens (including phenoxy) is 1. The molecular formula is C22H34N2O4S. The zero-order valence-corrected chi connectivity index (χ0v) is 18.6. The highest BCUT2D eigenvalue weighted by Crippen LogP contribution is 2.39. The van der Waals surface area contributed by atoms with Gasteiger partial charge in [0.05, 0.1) is 18.1 Å². The van der Waals surface area contributed by atoms with E-state index in [1.807, 2.05) is 0 Å². The van der Waals surface area contributed by atoms with Crippen LogP contribution in [-0.2, 0) is 26.1 Å². The van der Waals surface area contributed by atoms with Crippen LogP contribution in [0.2, 0.25) is 0 Å². The quantitative estimate of drug-likeness (QED) is 0.791. The van der Waals surface area contributed by atoms with Crippen molar-refractivity contribution in [3.63, 3.8) is 0 Å². The summed E-state index contributed by atoms with van der Waals surface area (Å²) in [4.78, 5) is 12.8. The van der Waals surface area contributed by atoms with Gasteiger partial charge < -0.3 is 10.1 Å². The molecule has 0 atom stereocenters. The van der Waals surface area contributed by atoms with E-state index in [1.165, 1.54) is 4.31 Å². The van der Waals surface area contributed by atoms with Gasteiger partial charge in [-0.15, -0.1) is 0 Å². The molecule has 0 unspecified atom stereocenters. The fourth-order valence-electron chi connectivity index (χ4n) is 4.27. The second kappa shape index (κ2) is 9.14. The van der Waals surface area contributed by atoms with E-state index >= 15 is 0 Å². The van der Waals surface area contributed by atoms with Crippen molar-refractivity contribution in [1.29, 1.82) is 0 Å². The second-order valence-corrected chi connectivity index (χ2v) is 11.2. The van der Waals surface area contributed by atoms with E-state index in [9.17, 15) is 13.2 Å². The Morgan fingerprint density at radius 3 is 2.21 bits per heavy atom. The van der Waals surface area contributed by atoms with Crippen LogP contribution in [0.1, 0.15) is 52.0 Å². The van der Waals surface area contributed by atoms with Gasteiger partial charge in [-0.3, -0.25) is 4.79 Å². The zero-order chi connectivity index (χ0) is 21.1. The molecule has 0 spiro atoms. The molecular weight excluding hydrogens is 388 g/mol. The van der Waals surface area contributed by atoms with Crippen molar-refractivity contribution < 1.29 is 17.9 Å². The Bertz CT molecular complexity index is 785. The fraction of sp³-hybridized carbons (Fsp3) is 0.682. The number of rotatable bonds is 5. The van der Waals surface area contributed by atoms with Crippen molar-refractivity contribution >= 4 is 15.9 Å². The first-order valence-corrected chi connectivity index (χ1v) is 12.1. The maximum Gasteiger partial charge on any atom is 0.243 e. The number of benzene rings is 1. The number of carbonyl (C=O) groups excluding carboxylic acids is 1. The summed E-state index contributed by atoms with van der Waals surface area (Å²) in [6, 6.07) is 6.82. The van der Waals surface area contributed by atoms with Crippen LogP contribution in [0, 0.1) is 17.3 Å². The molecule has 1 aromatic rings. The highest BCUT2D eigenvalue weighted by atomic mass is 32.2. The van der Waals surface area contributed by atoms with E-state index in [0.29, 0.717) is 44.2 Å². The Morgan fingerprint density at radius 2 is 1.66 bits per heavy atom. The molecule has 7 heteroatoms. The Hall–Kier alpha value is -1.44. The third kappa shape index (κ3) is 5.58. The van der Waals surface area contributed by atoms with Crippen molar-refractivity contribution in [2.24, 2.45) is 17.3 Å². The van der Waals surface area contributed by atoms with E-state index in [0.717, 1.165) is 31.2 Å². The van der Waals surface area contributed by atoms with Crippen LogP contribution in [0.15, 0.2) is 29.2 Å². The van der Waals surface area contributed by atoms with Crippen LogP contribution in [0.3, 0.4) is 0 Å². The predicted molar refractivity (Wildman–Crippen MR) is 113 cm³/mol. The number of carbonyl (C=O) groups is 1. The lowest BCUT2D eigenvalue weighted by molar-refractivity contribution is -0.126. The molecule has 1 amide bonds. The van der Waals surface area contributed by atoms with Gasteiger partial charge in [0, 0.05) is 25.6 Å². The Kier molecular flexibility index (Phi) is 7.02. The molecule has 6 nitrogen and oxygen atoms in total. The summed E-state index contributed by atoms with van der Waals surface area (Å²) in [6.07, 6.45) is 4.11. The highest BCUT2D eigenvalue weighted by molar-refractivity contribution is 7.89. The lowest BCUT2D eigenvalue weighted by atomic mass is 9.69. The Balaban J connectivity index is 1.51. The number of nitrogens with one attached hydrogen (secondary N) is 1. The maximum absolute atomic E-state index is 12.7. The van der Waals surface area contributed by atoms with E-state index in [4.69, 9.17) is 4.74 Å². The molecule has 3 rings (SSSR count). The predicted octanol–water partition coefficient (Wildman–Crippen LogP) is 3.18. The minimum absolute atomic E-state index is 0.0922. The molecule has 1 N–H and O–H groups in total. The molecule has 1 heterocycles. The highest BCUT2D eigenvalue weighted by Gasteiger charge is 2.32. The monoisotopic (exact) mass is 422 g/mol. The number of morpholine rings is 1. The van der Waals surface area contributed by atoms with E-state index in [-0.39, 0.29) is 16.7 Å². The van der Waals surface area contributed by atoms with Crippen molar-refractivity contribution in [3.05, 3.63) is 29.8 Å². The van der Waals surface area contributed by atoms with Crippen LogP contribution >= 0.6 is 0 Å². The molecule has 2 fully saturated rings. The van der Waals surface area contributed by atoms with E-state index in [2.05, 4.69) is 26.1 Å². The van der Waals surface area contributed by atoms with E-state index < -0.39 is 10.0 Å². The summed E-state index contributed by atoms with van der Waals surface area (Å²) < 4.78 is 32.0. The summed E-state index contributed by atoms with van der Waals surface area (Å²) in [7, 11) is -3.48. The first kappa shape index (κ1) is 22.2. The number of amides is 1. The molecule has 0 bridgehead atoms.